The molecule has 108 valence electrons. The van der Waals surface area contributed by atoms with Gasteiger partial charge in [-0.2, -0.15) is 5.10 Å². The van der Waals surface area contributed by atoms with Crippen molar-refractivity contribution in [2.75, 3.05) is 7.05 Å². The summed E-state index contributed by atoms with van der Waals surface area (Å²) in [6.45, 7) is 8.57. The third kappa shape index (κ3) is 2.78. The van der Waals surface area contributed by atoms with Gasteiger partial charge >= 0.3 is 0 Å². The number of likely N-dealkylation sites (N-methyl/N-ethyl adjacent to an activating group) is 1. The van der Waals surface area contributed by atoms with E-state index in [0.29, 0.717) is 6.04 Å². The van der Waals surface area contributed by atoms with Crippen LogP contribution in [-0.4, -0.2) is 16.8 Å². The van der Waals surface area contributed by atoms with Gasteiger partial charge in [0.25, 0.3) is 0 Å². The Morgan fingerprint density at radius 1 is 1.20 bits per heavy atom. The molecule has 0 aliphatic heterocycles. The minimum atomic E-state index is 0.330. The van der Waals surface area contributed by atoms with Crippen LogP contribution in [0, 0.1) is 27.7 Å². The first-order valence-electron chi connectivity index (χ1n) is 7.17. The van der Waals surface area contributed by atoms with Crippen LogP contribution in [0.4, 0.5) is 0 Å². The van der Waals surface area contributed by atoms with E-state index in [4.69, 9.17) is 0 Å². The summed E-state index contributed by atoms with van der Waals surface area (Å²) in [6.07, 6.45) is 0.978. The number of aromatic nitrogens is 2. The second-order valence-corrected chi connectivity index (χ2v) is 5.68. The Balaban J connectivity index is 2.36. The highest BCUT2D eigenvalue weighted by molar-refractivity contribution is 5.35. The lowest BCUT2D eigenvalue weighted by atomic mass is 9.93. The van der Waals surface area contributed by atoms with Gasteiger partial charge in [0.15, 0.2) is 0 Å². The zero-order valence-corrected chi connectivity index (χ0v) is 13.4. The first-order chi connectivity index (χ1) is 9.43. The van der Waals surface area contributed by atoms with Crippen LogP contribution in [0.2, 0.25) is 0 Å². The summed E-state index contributed by atoms with van der Waals surface area (Å²) in [6, 6.07) is 7.00. The SMILES string of the molecule is CNC(Cc1c(C)nn(C)c1C)c1cc(C)ccc1C. The summed E-state index contributed by atoms with van der Waals surface area (Å²) in [7, 11) is 4.05. The molecule has 0 aliphatic carbocycles. The fourth-order valence-electron chi connectivity index (χ4n) is 2.82. The molecule has 0 radical (unpaired) electrons. The van der Waals surface area contributed by atoms with E-state index < -0.39 is 0 Å². The van der Waals surface area contributed by atoms with Crippen LogP contribution in [0.1, 0.15) is 39.7 Å². The Morgan fingerprint density at radius 2 is 1.90 bits per heavy atom. The van der Waals surface area contributed by atoms with E-state index in [1.165, 1.54) is 27.9 Å². The third-order valence-corrected chi connectivity index (χ3v) is 4.23. The monoisotopic (exact) mass is 271 g/mol. The third-order valence-electron chi connectivity index (χ3n) is 4.23. The molecule has 0 bridgehead atoms. The molecule has 0 amide bonds. The van der Waals surface area contributed by atoms with Gasteiger partial charge in [0.2, 0.25) is 0 Å². The van der Waals surface area contributed by atoms with E-state index >= 15 is 0 Å². The Bertz CT molecular complexity index is 611. The molecule has 0 fully saturated rings. The molecule has 2 aromatic rings. The molecule has 0 saturated heterocycles. The average molecular weight is 271 g/mol. The molecule has 20 heavy (non-hydrogen) atoms. The predicted molar refractivity (Wildman–Crippen MR) is 84.1 cm³/mol. The van der Waals surface area contributed by atoms with Gasteiger partial charge in [-0.1, -0.05) is 23.8 Å². The molecule has 1 N–H and O–H groups in total. The van der Waals surface area contributed by atoms with Gasteiger partial charge in [0.1, 0.15) is 0 Å². The smallest absolute Gasteiger partial charge is 0.0629 e. The van der Waals surface area contributed by atoms with Crippen LogP contribution in [0.5, 0.6) is 0 Å². The summed E-state index contributed by atoms with van der Waals surface area (Å²) in [4.78, 5) is 0. The number of hydrogen-bond acceptors (Lipinski definition) is 2. The van der Waals surface area contributed by atoms with Crippen LogP contribution >= 0.6 is 0 Å². The van der Waals surface area contributed by atoms with Crippen molar-refractivity contribution < 1.29 is 0 Å². The Kier molecular flexibility index (Phi) is 4.29. The van der Waals surface area contributed by atoms with Crippen molar-refractivity contribution in [3.05, 3.63) is 51.8 Å². The molecule has 1 unspecified atom stereocenters. The first kappa shape index (κ1) is 14.8. The van der Waals surface area contributed by atoms with Crippen molar-refractivity contribution in [3.63, 3.8) is 0 Å². The molecular weight excluding hydrogens is 246 g/mol. The van der Waals surface area contributed by atoms with Crippen molar-refractivity contribution in [1.29, 1.82) is 0 Å². The van der Waals surface area contributed by atoms with E-state index in [1.54, 1.807) is 0 Å². The fourth-order valence-corrected chi connectivity index (χ4v) is 2.82. The van der Waals surface area contributed by atoms with Crippen molar-refractivity contribution in [2.24, 2.45) is 7.05 Å². The summed E-state index contributed by atoms with van der Waals surface area (Å²) in [5, 5.41) is 7.98. The number of nitrogens with one attached hydrogen (secondary N) is 1. The summed E-state index contributed by atoms with van der Waals surface area (Å²) in [5.41, 5.74) is 7.78. The lowest BCUT2D eigenvalue weighted by molar-refractivity contribution is 0.585. The molecule has 1 heterocycles. The lowest BCUT2D eigenvalue weighted by Gasteiger charge is -2.20. The standard InChI is InChI=1S/C17H25N3/c1-11-7-8-12(2)15(9-11)17(18-5)10-16-13(3)19-20(6)14(16)4/h7-9,17-18H,10H2,1-6H3. The van der Waals surface area contributed by atoms with Crippen molar-refractivity contribution in [2.45, 2.75) is 40.2 Å². The van der Waals surface area contributed by atoms with Gasteiger partial charge in [0.05, 0.1) is 5.69 Å². The summed E-state index contributed by atoms with van der Waals surface area (Å²) in [5.74, 6) is 0. The fraction of sp³-hybridized carbons (Fsp3) is 0.471. The highest BCUT2D eigenvalue weighted by Crippen LogP contribution is 2.25. The number of nitrogens with zero attached hydrogens (tertiary/aromatic N) is 2. The Labute approximate surface area is 122 Å². The predicted octanol–water partition coefficient (Wildman–Crippen LogP) is 3.16. The minimum absolute atomic E-state index is 0.330. The van der Waals surface area contributed by atoms with Crippen LogP contribution in [0.25, 0.3) is 0 Å². The van der Waals surface area contributed by atoms with Gasteiger partial charge in [-0.25, -0.2) is 0 Å². The lowest BCUT2D eigenvalue weighted by Crippen LogP contribution is -2.20. The second-order valence-electron chi connectivity index (χ2n) is 5.68. The van der Waals surface area contributed by atoms with Gasteiger partial charge in [-0.15, -0.1) is 0 Å². The van der Waals surface area contributed by atoms with Crippen molar-refractivity contribution in [3.8, 4) is 0 Å². The molecule has 2 rings (SSSR count). The molecule has 0 saturated carbocycles. The zero-order valence-electron chi connectivity index (χ0n) is 13.4. The number of hydrogen-bond donors (Lipinski definition) is 1. The summed E-state index contributed by atoms with van der Waals surface area (Å²) < 4.78 is 1.97. The van der Waals surface area contributed by atoms with Crippen molar-refractivity contribution >= 4 is 0 Å². The maximum absolute atomic E-state index is 4.52. The molecule has 3 nitrogen and oxygen atoms in total. The van der Waals surface area contributed by atoms with Gasteiger partial charge in [-0.3, -0.25) is 4.68 Å². The van der Waals surface area contributed by atoms with Gasteiger partial charge in [0, 0.05) is 18.8 Å². The number of aryl methyl sites for hydroxylation is 4. The van der Waals surface area contributed by atoms with Crippen LogP contribution in [0.15, 0.2) is 18.2 Å². The van der Waals surface area contributed by atoms with Gasteiger partial charge < -0.3 is 5.32 Å². The van der Waals surface area contributed by atoms with E-state index in [-0.39, 0.29) is 0 Å². The highest BCUT2D eigenvalue weighted by Gasteiger charge is 2.17. The number of benzene rings is 1. The molecule has 0 aliphatic rings. The minimum Gasteiger partial charge on any atom is -0.313 e. The van der Waals surface area contributed by atoms with E-state index in [9.17, 15) is 0 Å². The molecule has 3 heteroatoms. The molecule has 1 aromatic carbocycles. The topological polar surface area (TPSA) is 29.9 Å². The highest BCUT2D eigenvalue weighted by atomic mass is 15.3. The Hall–Kier alpha value is -1.61. The maximum atomic E-state index is 4.52. The van der Waals surface area contributed by atoms with Crippen LogP contribution < -0.4 is 5.32 Å². The van der Waals surface area contributed by atoms with E-state index in [1.807, 2.05) is 18.8 Å². The molecule has 0 spiro atoms. The number of rotatable bonds is 4. The second kappa shape index (κ2) is 5.80. The maximum Gasteiger partial charge on any atom is 0.0629 e. The average Bonchev–Trinajstić information content (AvgIpc) is 2.65. The first-order valence-corrected chi connectivity index (χ1v) is 7.17. The molecular formula is C17H25N3. The van der Waals surface area contributed by atoms with E-state index in [0.717, 1.165) is 12.1 Å². The van der Waals surface area contributed by atoms with Gasteiger partial charge in [-0.05, 0) is 57.9 Å². The van der Waals surface area contributed by atoms with Crippen LogP contribution in [0.3, 0.4) is 0 Å². The van der Waals surface area contributed by atoms with Crippen LogP contribution in [-0.2, 0) is 13.5 Å². The largest absolute Gasteiger partial charge is 0.313 e. The molecule has 1 aromatic heterocycles. The van der Waals surface area contributed by atoms with E-state index in [2.05, 4.69) is 56.3 Å². The molecule has 1 atom stereocenters. The normalized spacial score (nSPS) is 12.7. The Morgan fingerprint density at radius 3 is 2.45 bits per heavy atom. The summed E-state index contributed by atoms with van der Waals surface area (Å²) >= 11 is 0. The quantitative estimate of drug-likeness (QED) is 0.925. The zero-order chi connectivity index (χ0) is 14.9. The van der Waals surface area contributed by atoms with Crippen molar-refractivity contribution in [1.82, 2.24) is 15.1 Å².